The van der Waals surface area contributed by atoms with Crippen LogP contribution in [0.15, 0.2) is 42.5 Å². The van der Waals surface area contributed by atoms with Crippen molar-refractivity contribution in [2.24, 2.45) is 0 Å². The van der Waals surface area contributed by atoms with E-state index in [1.807, 2.05) is 37.3 Å². The highest BCUT2D eigenvalue weighted by Gasteiger charge is 2.08. The van der Waals surface area contributed by atoms with Crippen molar-refractivity contribution in [1.82, 2.24) is 15.3 Å². The van der Waals surface area contributed by atoms with Crippen molar-refractivity contribution in [3.63, 3.8) is 0 Å². The maximum absolute atomic E-state index is 12.2. The number of aryl methyl sites for hydroxylation is 1. The van der Waals surface area contributed by atoms with E-state index in [9.17, 15) is 4.79 Å². The topological polar surface area (TPSA) is 57.8 Å². The first-order valence-corrected chi connectivity index (χ1v) is 6.99. The van der Waals surface area contributed by atoms with Gasteiger partial charge in [0.2, 0.25) is 0 Å². The van der Waals surface area contributed by atoms with E-state index in [-0.39, 0.29) is 5.91 Å². The third-order valence-corrected chi connectivity index (χ3v) is 3.63. The van der Waals surface area contributed by atoms with Crippen LogP contribution in [0.3, 0.4) is 0 Å². The van der Waals surface area contributed by atoms with Gasteiger partial charge < -0.3 is 10.3 Å². The molecule has 2 aromatic carbocycles. The Morgan fingerprint density at radius 3 is 2.90 bits per heavy atom. The van der Waals surface area contributed by atoms with Gasteiger partial charge in [0.05, 0.1) is 11.0 Å². The van der Waals surface area contributed by atoms with Crippen molar-refractivity contribution >= 4 is 28.5 Å². The number of benzene rings is 2. The second-order valence-electron chi connectivity index (χ2n) is 4.83. The van der Waals surface area contributed by atoms with Gasteiger partial charge in [0.15, 0.2) is 0 Å². The van der Waals surface area contributed by atoms with Crippen molar-refractivity contribution in [2.75, 3.05) is 0 Å². The fraction of sp³-hybridized carbons (Fsp3) is 0.125. The fourth-order valence-corrected chi connectivity index (χ4v) is 2.40. The molecule has 5 heteroatoms. The van der Waals surface area contributed by atoms with Gasteiger partial charge in [-0.2, -0.15) is 0 Å². The Morgan fingerprint density at radius 2 is 2.10 bits per heavy atom. The highest BCUT2D eigenvalue weighted by Crippen LogP contribution is 2.16. The number of nitrogens with zero attached hydrogens (tertiary/aromatic N) is 1. The molecule has 0 aliphatic carbocycles. The van der Waals surface area contributed by atoms with E-state index in [0.717, 1.165) is 22.4 Å². The molecule has 106 valence electrons. The number of aromatic amines is 1. The van der Waals surface area contributed by atoms with Crippen LogP contribution in [0.2, 0.25) is 5.02 Å². The van der Waals surface area contributed by atoms with Gasteiger partial charge in [-0.25, -0.2) is 4.98 Å². The smallest absolute Gasteiger partial charge is 0.251 e. The summed E-state index contributed by atoms with van der Waals surface area (Å²) in [6.45, 7) is 2.29. The molecule has 0 aliphatic heterocycles. The minimum atomic E-state index is -0.135. The summed E-state index contributed by atoms with van der Waals surface area (Å²) in [6, 6.07) is 12.9. The van der Waals surface area contributed by atoms with Crippen molar-refractivity contribution < 1.29 is 4.79 Å². The Hall–Kier alpha value is -2.33. The second-order valence-corrected chi connectivity index (χ2v) is 5.24. The molecule has 0 aliphatic rings. The molecule has 4 nitrogen and oxygen atoms in total. The van der Waals surface area contributed by atoms with Gasteiger partial charge in [-0.1, -0.05) is 29.8 Å². The molecule has 0 fully saturated rings. The van der Waals surface area contributed by atoms with Crippen LogP contribution in [-0.2, 0) is 6.54 Å². The lowest BCUT2D eigenvalue weighted by Crippen LogP contribution is -2.22. The molecule has 0 saturated carbocycles. The van der Waals surface area contributed by atoms with Gasteiger partial charge in [-0.3, -0.25) is 4.79 Å². The quantitative estimate of drug-likeness (QED) is 0.778. The number of rotatable bonds is 3. The summed E-state index contributed by atoms with van der Waals surface area (Å²) >= 11 is 6.07. The summed E-state index contributed by atoms with van der Waals surface area (Å²) in [5.74, 6) is 0.697. The van der Waals surface area contributed by atoms with E-state index in [2.05, 4.69) is 15.3 Å². The predicted molar refractivity (Wildman–Crippen MR) is 83.5 cm³/mol. The number of imidazole rings is 1. The van der Waals surface area contributed by atoms with Crippen molar-refractivity contribution in [3.05, 3.63) is 64.4 Å². The minimum absolute atomic E-state index is 0.135. The predicted octanol–water partition coefficient (Wildman–Crippen LogP) is 3.45. The largest absolute Gasteiger partial charge is 0.348 e. The summed E-state index contributed by atoms with van der Waals surface area (Å²) in [7, 11) is 0. The molecule has 0 bridgehead atoms. The lowest BCUT2D eigenvalue weighted by Gasteiger charge is -2.07. The maximum Gasteiger partial charge on any atom is 0.251 e. The number of hydrogen-bond acceptors (Lipinski definition) is 2. The molecule has 0 atom stereocenters. The zero-order valence-corrected chi connectivity index (χ0v) is 12.2. The highest BCUT2D eigenvalue weighted by molar-refractivity contribution is 6.31. The summed E-state index contributed by atoms with van der Waals surface area (Å²) < 4.78 is 0. The van der Waals surface area contributed by atoms with Crippen LogP contribution in [-0.4, -0.2) is 15.9 Å². The van der Waals surface area contributed by atoms with Crippen molar-refractivity contribution in [1.29, 1.82) is 0 Å². The van der Waals surface area contributed by atoms with Gasteiger partial charge >= 0.3 is 0 Å². The van der Waals surface area contributed by atoms with Crippen LogP contribution in [0, 0.1) is 6.92 Å². The SMILES string of the molecule is Cc1nc2ccc(C(=O)NCc3ccccc3Cl)cc2[nH]1. The zero-order chi connectivity index (χ0) is 14.8. The Bertz CT molecular complexity index is 810. The molecule has 1 heterocycles. The van der Waals surface area contributed by atoms with Crippen molar-refractivity contribution in [3.8, 4) is 0 Å². The number of hydrogen-bond donors (Lipinski definition) is 2. The first-order valence-electron chi connectivity index (χ1n) is 6.61. The third-order valence-electron chi connectivity index (χ3n) is 3.26. The third kappa shape index (κ3) is 2.90. The van der Waals surface area contributed by atoms with Crippen LogP contribution in [0.1, 0.15) is 21.7 Å². The normalized spacial score (nSPS) is 10.8. The van der Waals surface area contributed by atoms with E-state index in [4.69, 9.17) is 11.6 Å². The van der Waals surface area contributed by atoms with Crippen LogP contribution < -0.4 is 5.32 Å². The average molecular weight is 300 g/mol. The Labute approximate surface area is 127 Å². The molecular formula is C16H14ClN3O. The van der Waals surface area contributed by atoms with E-state index < -0.39 is 0 Å². The number of carbonyl (C=O) groups is 1. The van der Waals surface area contributed by atoms with Gasteiger partial charge in [0, 0.05) is 17.1 Å². The average Bonchev–Trinajstić information content (AvgIpc) is 2.85. The summed E-state index contributed by atoms with van der Waals surface area (Å²) in [5.41, 5.74) is 3.21. The Balaban J connectivity index is 1.76. The molecule has 1 aromatic heterocycles. The number of nitrogens with one attached hydrogen (secondary N) is 2. The van der Waals surface area contributed by atoms with E-state index in [0.29, 0.717) is 17.1 Å². The number of amides is 1. The Morgan fingerprint density at radius 1 is 1.29 bits per heavy atom. The molecule has 3 rings (SSSR count). The number of H-pyrrole nitrogens is 1. The van der Waals surface area contributed by atoms with Gasteiger partial charge in [-0.15, -0.1) is 0 Å². The number of fused-ring (bicyclic) bond motifs is 1. The molecule has 3 aromatic rings. The van der Waals surface area contributed by atoms with Crippen LogP contribution >= 0.6 is 11.6 Å². The highest BCUT2D eigenvalue weighted by atomic mass is 35.5. The van der Waals surface area contributed by atoms with Crippen molar-refractivity contribution in [2.45, 2.75) is 13.5 Å². The second kappa shape index (κ2) is 5.58. The monoisotopic (exact) mass is 299 g/mol. The molecule has 1 amide bonds. The van der Waals surface area contributed by atoms with E-state index in [1.54, 1.807) is 12.1 Å². The molecule has 2 N–H and O–H groups in total. The molecule has 0 spiro atoms. The standard InChI is InChI=1S/C16H14ClN3O/c1-10-19-14-7-6-11(8-15(14)20-10)16(21)18-9-12-4-2-3-5-13(12)17/h2-8H,9H2,1H3,(H,18,21)(H,19,20). The number of halogens is 1. The van der Waals surface area contributed by atoms with E-state index in [1.165, 1.54) is 0 Å². The van der Waals surface area contributed by atoms with Gasteiger partial charge in [0.25, 0.3) is 5.91 Å². The van der Waals surface area contributed by atoms with Crippen LogP contribution in [0.5, 0.6) is 0 Å². The fourth-order valence-electron chi connectivity index (χ4n) is 2.20. The molecular weight excluding hydrogens is 286 g/mol. The number of carbonyl (C=O) groups excluding carboxylic acids is 1. The first kappa shape index (κ1) is 13.6. The van der Waals surface area contributed by atoms with Crippen LogP contribution in [0.25, 0.3) is 11.0 Å². The molecule has 0 radical (unpaired) electrons. The van der Waals surface area contributed by atoms with Gasteiger partial charge in [0.1, 0.15) is 5.82 Å². The van der Waals surface area contributed by atoms with Gasteiger partial charge in [-0.05, 0) is 36.8 Å². The van der Waals surface area contributed by atoms with Crippen LogP contribution in [0.4, 0.5) is 0 Å². The zero-order valence-electron chi connectivity index (χ0n) is 11.5. The van der Waals surface area contributed by atoms with E-state index >= 15 is 0 Å². The lowest BCUT2D eigenvalue weighted by molar-refractivity contribution is 0.0951. The number of aromatic nitrogens is 2. The first-order chi connectivity index (χ1) is 10.1. The molecule has 0 unspecified atom stereocenters. The minimum Gasteiger partial charge on any atom is -0.348 e. The molecule has 21 heavy (non-hydrogen) atoms. The summed E-state index contributed by atoms with van der Waals surface area (Å²) in [5, 5.41) is 3.52. The summed E-state index contributed by atoms with van der Waals surface area (Å²) in [6.07, 6.45) is 0. The molecule has 0 saturated heterocycles. The maximum atomic E-state index is 12.2. The lowest BCUT2D eigenvalue weighted by atomic mass is 10.1. The summed E-state index contributed by atoms with van der Waals surface area (Å²) in [4.78, 5) is 19.6. The Kier molecular flexibility index (Phi) is 3.62.